The minimum atomic E-state index is -0.0412. The summed E-state index contributed by atoms with van der Waals surface area (Å²) < 4.78 is 0. The number of carbonyl (C=O) groups excluding carboxylic acids is 1. The maximum atomic E-state index is 11.8. The van der Waals surface area contributed by atoms with Crippen LogP contribution < -0.4 is 16.8 Å². The third-order valence-electron chi connectivity index (χ3n) is 2.88. The number of nitrogens with one attached hydrogen (secondary N) is 1. The van der Waals surface area contributed by atoms with Gasteiger partial charge >= 0.3 is 0 Å². The van der Waals surface area contributed by atoms with Gasteiger partial charge in [-0.05, 0) is 13.3 Å². The largest absolute Gasteiger partial charge is 0.368 e. The van der Waals surface area contributed by atoms with Crippen molar-refractivity contribution in [2.45, 2.75) is 57.1 Å². The molecule has 1 atom stereocenters. The molecular formula is C13H24N6OS. The van der Waals surface area contributed by atoms with Crippen molar-refractivity contribution in [2.24, 2.45) is 0 Å². The Morgan fingerprint density at radius 2 is 1.86 bits per heavy atom. The number of rotatable bonds is 9. The molecular weight excluding hydrogens is 288 g/mol. The van der Waals surface area contributed by atoms with E-state index in [4.69, 9.17) is 11.5 Å². The van der Waals surface area contributed by atoms with Gasteiger partial charge in [0.1, 0.15) is 0 Å². The van der Waals surface area contributed by atoms with Gasteiger partial charge < -0.3 is 16.8 Å². The van der Waals surface area contributed by atoms with Crippen LogP contribution in [0.4, 0.5) is 11.9 Å². The van der Waals surface area contributed by atoms with E-state index in [0.717, 1.165) is 12.8 Å². The summed E-state index contributed by atoms with van der Waals surface area (Å²) >= 11 is 1.20. The van der Waals surface area contributed by atoms with Gasteiger partial charge in [0.15, 0.2) is 5.16 Å². The van der Waals surface area contributed by atoms with Gasteiger partial charge in [-0.3, -0.25) is 4.79 Å². The van der Waals surface area contributed by atoms with E-state index in [-0.39, 0.29) is 29.6 Å². The molecule has 1 rings (SSSR count). The number of unbranched alkanes of at least 4 members (excludes halogenated alkanes) is 3. The Balaban J connectivity index is 2.27. The molecule has 0 unspecified atom stereocenters. The Kier molecular flexibility index (Phi) is 7.81. The van der Waals surface area contributed by atoms with Crippen LogP contribution in [0.5, 0.6) is 0 Å². The highest BCUT2D eigenvalue weighted by atomic mass is 32.2. The van der Waals surface area contributed by atoms with Crippen LogP contribution in [0.15, 0.2) is 5.16 Å². The molecule has 0 fully saturated rings. The molecule has 0 aliphatic rings. The van der Waals surface area contributed by atoms with Crippen molar-refractivity contribution in [2.75, 3.05) is 17.2 Å². The van der Waals surface area contributed by atoms with Crippen molar-refractivity contribution in [1.82, 2.24) is 20.3 Å². The van der Waals surface area contributed by atoms with Gasteiger partial charge in [-0.25, -0.2) is 0 Å². The van der Waals surface area contributed by atoms with Crippen molar-refractivity contribution >= 4 is 29.6 Å². The Labute approximate surface area is 129 Å². The number of anilines is 2. The minimum Gasteiger partial charge on any atom is -0.368 e. The molecule has 1 aromatic heterocycles. The average molecular weight is 312 g/mol. The summed E-state index contributed by atoms with van der Waals surface area (Å²) in [5, 5.41) is 3.33. The Morgan fingerprint density at radius 1 is 1.19 bits per heavy atom. The Bertz CT molecular complexity index is 436. The van der Waals surface area contributed by atoms with E-state index in [2.05, 4.69) is 27.2 Å². The third kappa shape index (κ3) is 7.69. The monoisotopic (exact) mass is 312 g/mol. The summed E-state index contributed by atoms with van der Waals surface area (Å²) in [5.41, 5.74) is 10.9. The molecule has 8 heteroatoms. The molecule has 0 spiro atoms. The summed E-state index contributed by atoms with van der Waals surface area (Å²) in [4.78, 5) is 23.3. The highest BCUT2D eigenvalue weighted by molar-refractivity contribution is 7.99. The SMILES string of the molecule is CCCCCC[C@@H](C)NC(=O)CSc1nc(N)nc(N)n1. The number of amides is 1. The van der Waals surface area contributed by atoms with Crippen molar-refractivity contribution in [1.29, 1.82) is 0 Å². The van der Waals surface area contributed by atoms with E-state index in [1.165, 1.54) is 31.0 Å². The van der Waals surface area contributed by atoms with E-state index < -0.39 is 0 Å². The quantitative estimate of drug-likeness (QED) is 0.468. The van der Waals surface area contributed by atoms with Crippen LogP contribution in [-0.2, 0) is 4.79 Å². The summed E-state index contributed by atoms with van der Waals surface area (Å²) in [6.45, 7) is 4.20. The first-order chi connectivity index (χ1) is 10.0. The smallest absolute Gasteiger partial charge is 0.230 e. The lowest BCUT2D eigenvalue weighted by atomic mass is 10.1. The lowest BCUT2D eigenvalue weighted by molar-refractivity contribution is -0.119. The molecule has 5 N–H and O–H groups in total. The first-order valence-corrected chi connectivity index (χ1v) is 8.19. The highest BCUT2D eigenvalue weighted by Gasteiger charge is 2.10. The molecule has 21 heavy (non-hydrogen) atoms. The molecule has 0 aliphatic carbocycles. The maximum Gasteiger partial charge on any atom is 0.230 e. The topological polar surface area (TPSA) is 120 Å². The van der Waals surface area contributed by atoms with Crippen molar-refractivity contribution in [3.05, 3.63) is 0 Å². The number of thioether (sulfide) groups is 1. The number of carbonyl (C=O) groups is 1. The van der Waals surface area contributed by atoms with E-state index in [9.17, 15) is 4.79 Å². The Morgan fingerprint density at radius 3 is 2.48 bits per heavy atom. The molecule has 7 nitrogen and oxygen atoms in total. The minimum absolute atomic E-state index is 0.0412. The zero-order valence-corrected chi connectivity index (χ0v) is 13.4. The molecule has 0 aromatic carbocycles. The molecule has 1 amide bonds. The van der Waals surface area contributed by atoms with E-state index in [0.29, 0.717) is 5.16 Å². The van der Waals surface area contributed by atoms with E-state index in [1.807, 2.05) is 6.92 Å². The first kappa shape index (κ1) is 17.5. The lowest BCUT2D eigenvalue weighted by Gasteiger charge is -2.13. The predicted molar refractivity (Wildman–Crippen MR) is 85.7 cm³/mol. The maximum absolute atomic E-state index is 11.8. The second-order valence-electron chi connectivity index (χ2n) is 4.94. The van der Waals surface area contributed by atoms with Crippen molar-refractivity contribution in [3.63, 3.8) is 0 Å². The molecule has 0 saturated heterocycles. The van der Waals surface area contributed by atoms with Gasteiger partial charge in [-0.1, -0.05) is 44.4 Å². The molecule has 0 saturated carbocycles. The lowest BCUT2D eigenvalue weighted by Crippen LogP contribution is -2.33. The third-order valence-corrected chi connectivity index (χ3v) is 3.73. The van der Waals surface area contributed by atoms with Gasteiger partial charge in [-0.15, -0.1) is 0 Å². The van der Waals surface area contributed by atoms with Crippen LogP contribution in [0.1, 0.15) is 46.0 Å². The molecule has 0 radical (unpaired) electrons. The molecule has 1 aromatic rings. The van der Waals surface area contributed by atoms with Crippen LogP contribution in [0.25, 0.3) is 0 Å². The number of nitrogen functional groups attached to an aromatic ring is 2. The van der Waals surface area contributed by atoms with Crippen molar-refractivity contribution < 1.29 is 4.79 Å². The van der Waals surface area contributed by atoms with Gasteiger partial charge in [0.2, 0.25) is 17.8 Å². The molecule has 0 bridgehead atoms. The Hall–Kier alpha value is -1.57. The van der Waals surface area contributed by atoms with Crippen LogP contribution in [-0.4, -0.2) is 32.7 Å². The highest BCUT2D eigenvalue weighted by Crippen LogP contribution is 2.14. The van der Waals surface area contributed by atoms with Gasteiger partial charge in [0.05, 0.1) is 5.75 Å². The van der Waals surface area contributed by atoms with E-state index in [1.54, 1.807) is 0 Å². The van der Waals surface area contributed by atoms with Gasteiger partial charge in [0, 0.05) is 6.04 Å². The standard InChI is InChI=1S/C13H24N6OS/c1-3-4-5-6-7-9(2)16-10(20)8-21-13-18-11(14)17-12(15)19-13/h9H,3-8H2,1-2H3,(H,16,20)(H4,14,15,17,18,19)/t9-/m1/s1. The fourth-order valence-corrected chi connectivity index (χ4v) is 2.51. The van der Waals surface area contributed by atoms with Crippen LogP contribution in [0.3, 0.4) is 0 Å². The molecule has 1 heterocycles. The first-order valence-electron chi connectivity index (χ1n) is 7.20. The number of nitrogens with two attached hydrogens (primary N) is 2. The summed E-state index contributed by atoms with van der Waals surface area (Å²) in [5.74, 6) is 0.326. The van der Waals surface area contributed by atoms with Gasteiger partial charge in [-0.2, -0.15) is 15.0 Å². The number of nitrogens with zero attached hydrogens (tertiary/aromatic N) is 3. The fraction of sp³-hybridized carbons (Fsp3) is 0.692. The second kappa shape index (κ2) is 9.38. The summed E-state index contributed by atoms with van der Waals surface area (Å²) in [6.07, 6.45) is 5.83. The zero-order chi connectivity index (χ0) is 15.7. The van der Waals surface area contributed by atoms with Crippen LogP contribution >= 0.6 is 11.8 Å². The summed E-state index contributed by atoms with van der Waals surface area (Å²) in [6, 6.07) is 0.184. The zero-order valence-electron chi connectivity index (χ0n) is 12.6. The number of aromatic nitrogens is 3. The second-order valence-corrected chi connectivity index (χ2v) is 5.88. The molecule has 0 aliphatic heterocycles. The average Bonchev–Trinajstić information content (AvgIpc) is 2.40. The number of hydrogen-bond donors (Lipinski definition) is 3. The van der Waals surface area contributed by atoms with E-state index >= 15 is 0 Å². The molecule has 118 valence electrons. The summed E-state index contributed by atoms with van der Waals surface area (Å²) in [7, 11) is 0. The normalized spacial score (nSPS) is 12.1. The predicted octanol–water partition coefficient (Wildman–Crippen LogP) is 1.60. The van der Waals surface area contributed by atoms with Crippen molar-refractivity contribution in [3.8, 4) is 0 Å². The van der Waals surface area contributed by atoms with Gasteiger partial charge in [0.25, 0.3) is 0 Å². The van der Waals surface area contributed by atoms with Crippen LogP contribution in [0, 0.1) is 0 Å². The fourth-order valence-electron chi connectivity index (χ4n) is 1.85. The number of hydrogen-bond acceptors (Lipinski definition) is 7. The van der Waals surface area contributed by atoms with Crippen LogP contribution in [0.2, 0.25) is 0 Å².